The number of nitrogens with one attached hydrogen (secondary N) is 1. The van der Waals surface area contributed by atoms with Crippen LogP contribution in [-0.2, 0) is 0 Å². The maximum Gasteiger partial charge on any atom is 0.103 e. The van der Waals surface area contributed by atoms with Crippen molar-refractivity contribution in [1.82, 2.24) is 4.98 Å². The van der Waals surface area contributed by atoms with Gasteiger partial charge in [-0.2, -0.15) is 0 Å². The molecule has 0 radical (unpaired) electrons. The molecule has 0 bridgehead atoms. The fourth-order valence-electron chi connectivity index (χ4n) is 1.89. The van der Waals surface area contributed by atoms with Crippen LogP contribution in [0.3, 0.4) is 0 Å². The molecule has 0 unspecified atom stereocenters. The number of aromatic amines is 1. The maximum atomic E-state index is 5.12. The van der Waals surface area contributed by atoms with Gasteiger partial charge < -0.3 is 4.98 Å². The molecule has 74 valence electrons. The van der Waals surface area contributed by atoms with Crippen molar-refractivity contribution in [1.29, 1.82) is 0 Å². The average molecular weight is 205 g/mol. The van der Waals surface area contributed by atoms with E-state index in [1.165, 1.54) is 43.4 Å². The van der Waals surface area contributed by atoms with Gasteiger partial charge in [0, 0.05) is 5.69 Å². The Morgan fingerprint density at radius 2 is 2.07 bits per heavy atom. The second-order valence-electron chi connectivity index (χ2n) is 3.76. The minimum atomic E-state index is 0.827. The van der Waals surface area contributed by atoms with Crippen molar-refractivity contribution in [2.24, 2.45) is 0 Å². The van der Waals surface area contributed by atoms with Gasteiger partial charge in [-0.3, -0.25) is 0 Å². The van der Waals surface area contributed by atoms with E-state index in [1.54, 1.807) is 0 Å². The third-order valence-corrected chi connectivity index (χ3v) is 2.89. The molecule has 0 amide bonds. The van der Waals surface area contributed by atoms with Gasteiger partial charge in [0.2, 0.25) is 0 Å². The summed E-state index contributed by atoms with van der Waals surface area (Å²) in [7, 11) is 0. The molecule has 1 aliphatic rings. The first kappa shape index (κ1) is 9.66. The van der Waals surface area contributed by atoms with Crippen molar-refractivity contribution >= 4 is 17.8 Å². The number of H-pyrrole nitrogens is 1. The normalized spacial score (nSPS) is 17.3. The van der Waals surface area contributed by atoms with Crippen molar-refractivity contribution in [3.63, 3.8) is 0 Å². The van der Waals surface area contributed by atoms with Crippen molar-refractivity contribution in [2.45, 2.75) is 32.1 Å². The predicted octanol–water partition coefficient (Wildman–Crippen LogP) is 4.09. The van der Waals surface area contributed by atoms with Crippen LogP contribution in [0.1, 0.15) is 37.8 Å². The molecule has 1 N–H and O–H groups in total. The SMILES string of the molecule is S=c1cccc(C2=CCCCCC2)[nH]1. The van der Waals surface area contributed by atoms with Crippen LogP contribution in [0.5, 0.6) is 0 Å². The maximum absolute atomic E-state index is 5.12. The van der Waals surface area contributed by atoms with E-state index >= 15 is 0 Å². The summed E-state index contributed by atoms with van der Waals surface area (Å²) < 4.78 is 0.827. The molecule has 14 heavy (non-hydrogen) atoms. The van der Waals surface area contributed by atoms with Gasteiger partial charge in [0.25, 0.3) is 0 Å². The van der Waals surface area contributed by atoms with Gasteiger partial charge in [-0.25, -0.2) is 0 Å². The lowest BCUT2D eigenvalue weighted by molar-refractivity contribution is 0.720. The molecule has 0 saturated heterocycles. The first-order chi connectivity index (χ1) is 6.86. The minimum absolute atomic E-state index is 0.827. The summed E-state index contributed by atoms with van der Waals surface area (Å²) in [6.07, 6.45) is 8.75. The van der Waals surface area contributed by atoms with E-state index in [1.807, 2.05) is 12.1 Å². The van der Waals surface area contributed by atoms with Gasteiger partial charge in [-0.1, -0.05) is 30.8 Å². The second-order valence-corrected chi connectivity index (χ2v) is 4.20. The van der Waals surface area contributed by atoms with Crippen LogP contribution in [0.15, 0.2) is 24.3 Å². The lowest BCUT2D eigenvalue weighted by Crippen LogP contribution is -1.88. The molecule has 0 spiro atoms. The molecule has 0 aromatic carbocycles. The van der Waals surface area contributed by atoms with Crippen molar-refractivity contribution < 1.29 is 0 Å². The highest BCUT2D eigenvalue weighted by atomic mass is 32.1. The van der Waals surface area contributed by atoms with Crippen LogP contribution in [0.25, 0.3) is 5.57 Å². The van der Waals surface area contributed by atoms with Gasteiger partial charge in [-0.15, -0.1) is 0 Å². The summed E-state index contributed by atoms with van der Waals surface area (Å²) in [6, 6.07) is 6.07. The van der Waals surface area contributed by atoms with Crippen LogP contribution >= 0.6 is 12.2 Å². The Morgan fingerprint density at radius 3 is 2.93 bits per heavy atom. The summed E-state index contributed by atoms with van der Waals surface area (Å²) >= 11 is 5.12. The van der Waals surface area contributed by atoms with E-state index < -0.39 is 0 Å². The zero-order chi connectivity index (χ0) is 9.80. The summed E-state index contributed by atoms with van der Waals surface area (Å²) in [4.78, 5) is 3.25. The Labute approximate surface area is 89.9 Å². The molecule has 1 aliphatic carbocycles. The summed E-state index contributed by atoms with van der Waals surface area (Å²) in [6.45, 7) is 0. The summed E-state index contributed by atoms with van der Waals surface area (Å²) in [5.41, 5.74) is 2.65. The monoisotopic (exact) mass is 205 g/mol. The molecule has 0 atom stereocenters. The molecule has 2 rings (SSSR count). The fourth-order valence-corrected chi connectivity index (χ4v) is 2.08. The third kappa shape index (κ3) is 2.32. The molecule has 2 heteroatoms. The second kappa shape index (κ2) is 4.56. The molecule has 0 aliphatic heterocycles. The zero-order valence-corrected chi connectivity index (χ0v) is 9.07. The third-order valence-electron chi connectivity index (χ3n) is 2.66. The first-order valence-corrected chi connectivity index (χ1v) is 5.66. The van der Waals surface area contributed by atoms with Crippen molar-refractivity contribution in [3.8, 4) is 0 Å². The van der Waals surface area contributed by atoms with Gasteiger partial charge in [-0.05, 0) is 43.4 Å². The number of hydrogen-bond donors (Lipinski definition) is 1. The minimum Gasteiger partial charge on any atom is -0.346 e. The lowest BCUT2D eigenvalue weighted by atomic mass is 10.1. The average Bonchev–Trinajstić information content (AvgIpc) is 2.45. The molecular weight excluding hydrogens is 190 g/mol. The van der Waals surface area contributed by atoms with Gasteiger partial charge in [0.05, 0.1) is 0 Å². The molecular formula is C12H15NS. The Balaban J connectivity index is 2.29. The highest BCUT2D eigenvalue weighted by Gasteiger charge is 2.04. The topological polar surface area (TPSA) is 15.8 Å². The van der Waals surface area contributed by atoms with E-state index in [0.29, 0.717) is 0 Å². The molecule has 0 fully saturated rings. The molecule has 0 saturated carbocycles. The zero-order valence-electron chi connectivity index (χ0n) is 8.25. The number of rotatable bonds is 1. The predicted molar refractivity (Wildman–Crippen MR) is 62.7 cm³/mol. The van der Waals surface area contributed by atoms with Crippen LogP contribution in [0, 0.1) is 4.64 Å². The van der Waals surface area contributed by atoms with Crippen LogP contribution < -0.4 is 0 Å². The Morgan fingerprint density at radius 1 is 1.14 bits per heavy atom. The van der Waals surface area contributed by atoms with Crippen molar-refractivity contribution in [2.75, 3.05) is 0 Å². The van der Waals surface area contributed by atoms with Crippen molar-refractivity contribution in [3.05, 3.63) is 34.6 Å². The van der Waals surface area contributed by atoms with Gasteiger partial charge in [0.1, 0.15) is 4.64 Å². The van der Waals surface area contributed by atoms with Gasteiger partial charge >= 0.3 is 0 Å². The van der Waals surface area contributed by atoms with Crippen LogP contribution in [-0.4, -0.2) is 4.98 Å². The number of hydrogen-bond acceptors (Lipinski definition) is 1. The standard InChI is InChI=1S/C12H15NS/c14-12-9-5-8-11(13-12)10-6-3-1-2-4-7-10/h5-6,8-9H,1-4,7H2,(H,13,14). The quantitative estimate of drug-likeness (QED) is 0.683. The largest absolute Gasteiger partial charge is 0.346 e. The van der Waals surface area contributed by atoms with Crippen LogP contribution in [0.2, 0.25) is 0 Å². The molecule has 1 nitrogen and oxygen atoms in total. The summed E-state index contributed by atoms with van der Waals surface area (Å²) in [5, 5.41) is 0. The number of allylic oxidation sites excluding steroid dienone is 2. The highest BCUT2D eigenvalue weighted by molar-refractivity contribution is 7.71. The van der Waals surface area contributed by atoms with Gasteiger partial charge in [0.15, 0.2) is 0 Å². The van der Waals surface area contributed by atoms with Crippen LogP contribution in [0.4, 0.5) is 0 Å². The number of pyridine rings is 1. The van der Waals surface area contributed by atoms with E-state index in [9.17, 15) is 0 Å². The highest BCUT2D eigenvalue weighted by Crippen LogP contribution is 2.24. The van der Waals surface area contributed by atoms with E-state index in [0.717, 1.165) is 4.64 Å². The Bertz CT molecular complexity index is 389. The molecule has 1 aromatic heterocycles. The lowest BCUT2D eigenvalue weighted by Gasteiger charge is -2.04. The fraction of sp³-hybridized carbons (Fsp3) is 0.417. The van der Waals surface area contributed by atoms with E-state index in [4.69, 9.17) is 12.2 Å². The first-order valence-electron chi connectivity index (χ1n) is 5.25. The summed E-state index contributed by atoms with van der Waals surface area (Å²) in [5.74, 6) is 0. The van der Waals surface area contributed by atoms with E-state index in [2.05, 4.69) is 17.1 Å². The molecule has 1 heterocycles. The van der Waals surface area contributed by atoms with E-state index in [-0.39, 0.29) is 0 Å². The number of aromatic nitrogens is 1. The Hall–Kier alpha value is -0.890. The Kier molecular flexibility index (Phi) is 3.14. The molecule has 1 aromatic rings. The smallest absolute Gasteiger partial charge is 0.103 e.